The largest absolute Gasteiger partial charge is 0.488 e. The lowest BCUT2D eigenvalue weighted by atomic mass is 10.1. The van der Waals surface area contributed by atoms with Crippen molar-refractivity contribution in [2.75, 3.05) is 20.5 Å². The van der Waals surface area contributed by atoms with Crippen LogP contribution in [0.25, 0.3) is 0 Å². The third-order valence-electron chi connectivity index (χ3n) is 3.57. The lowest BCUT2D eigenvalue weighted by Gasteiger charge is -2.13. The normalized spacial score (nSPS) is 10.9. The summed E-state index contributed by atoms with van der Waals surface area (Å²) in [5.41, 5.74) is 0.690. The van der Waals surface area contributed by atoms with Gasteiger partial charge < -0.3 is 14.2 Å². The highest BCUT2D eigenvalue weighted by Crippen LogP contribution is 2.25. The van der Waals surface area contributed by atoms with Crippen molar-refractivity contribution in [2.45, 2.75) is 11.5 Å². The summed E-state index contributed by atoms with van der Waals surface area (Å²) in [6, 6.07) is 10.7. The molecule has 0 aliphatic heterocycles. The zero-order valence-electron chi connectivity index (χ0n) is 14.5. The summed E-state index contributed by atoms with van der Waals surface area (Å²) in [5, 5.41) is 0. The number of hydrogen-bond donors (Lipinski definition) is 0. The molecule has 2 rings (SSSR count). The minimum Gasteiger partial charge on any atom is -0.488 e. The van der Waals surface area contributed by atoms with Gasteiger partial charge in [-0.15, -0.1) is 0 Å². The lowest BCUT2D eigenvalue weighted by Crippen LogP contribution is -2.14. The maximum atomic E-state index is 12.1. The van der Waals surface area contributed by atoms with E-state index in [1.807, 2.05) is 0 Å². The third-order valence-corrected chi connectivity index (χ3v) is 4.70. The first kappa shape index (κ1) is 19.5. The molecule has 7 nitrogen and oxygen atoms in total. The highest BCUT2D eigenvalue weighted by atomic mass is 32.2. The molecule has 0 radical (unpaired) electrons. The van der Waals surface area contributed by atoms with Crippen LogP contribution in [0.3, 0.4) is 0 Å². The lowest BCUT2D eigenvalue weighted by molar-refractivity contribution is 0.0550. The quantitative estimate of drug-likeness (QED) is 0.711. The maximum Gasteiger partial charge on any atom is 0.342 e. The monoisotopic (exact) mass is 378 g/mol. The van der Waals surface area contributed by atoms with E-state index >= 15 is 0 Å². The van der Waals surface area contributed by atoms with Crippen LogP contribution in [0.2, 0.25) is 0 Å². The fourth-order valence-electron chi connectivity index (χ4n) is 2.24. The number of rotatable bonds is 6. The molecule has 8 heteroatoms. The Kier molecular flexibility index (Phi) is 5.99. The maximum absolute atomic E-state index is 12.1. The van der Waals surface area contributed by atoms with Crippen molar-refractivity contribution < 1.29 is 32.2 Å². The Morgan fingerprint density at radius 1 is 0.923 bits per heavy atom. The molecule has 138 valence electrons. The van der Waals surface area contributed by atoms with Crippen LogP contribution in [0.5, 0.6) is 5.75 Å². The van der Waals surface area contributed by atoms with Crippen LogP contribution in [0.4, 0.5) is 0 Å². The van der Waals surface area contributed by atoms with E-state index in [1.54, 1.807) is 18.2 Å². The Bertz CT molecular complexity index is 915. The third kappa shape index (κ3) is 4.40. The van der Waals surface area contributed by atoms with Crippen molar-refractivity contribution in [3.63, 3.8) is 0 Å². The first-order chi connectivity index (χ1) is 12.3. The molecule has 0 atom stereocenters. The summed E-state index contributed by atoms with van der Waals surface area (Å²) in [7, 11) is -0.872. The molecule has 0 amide bonds. The molecule has 0 spiro atoms. The molecule has 0 bridgehead atoms. The number of sulfone groups is 1. The van der Waals surface area contributed by atoms with Crippen molar-refractivity contribution in [1.29, 1.82) is 0 Å². The average Bonchev–Trinajstić information content (AvgIpc) is 2.64. The second-order valence-corrected chi connectivity index (χ2v) is 7.38. The highest BCUT2D eigenvalue weighted by molar-refractivity contribution is 7.90. The molecule has 2 aromatic rings. The fourth-order valence-corrected chi connectivity index (χ4v) is 2.87. The van der Waals surface area contributed by atoms with Crippen LogP contribution >= 0.6 is 0 Å². The Balaban J connectivity index is 2.29. The van der Waals surface area contributed by atoms with Gasteiger partial charge in [0, 0.05) is 6.26 Å². The van der Waals surface area contributed by atoms with E-state index in [4.69, 9.17) is 9.47 Å². The molecule has 26 heavy (non-hydrogen) atoms. The van der Waals surface area contributed by atoms with Gasteiger partial charge >= 0.3 is 11.9 Å². The van der Waals surface area contributed by atoms with Crippen LogP contribution in [0, 0.1) is 0 Å². The van der Waals surface area contributed by atoms with Gasteiger partial charge in [0.25, 0.3) is 0 Å². The summed E-state index contributed by atoms with van der Waals surface area (Å²) < 4.78 is 38.0. The van der Waals surface area contributed by atoms with Crippen molar-refractivity contribution in [1.82, 2.24) is 0 Å². The SMILES string of the molecule is COC(=O)c1cccc(OCc2ccc(S(C)(=O)=O)cc2)c1C(=O)OC. The number of methoxy groups -OCH3 is 2. The molecule has 0 aliphatic rings. The van der Waals surface area contributed by atoms with Gasteiger partial charge in [-0.3, -0.25) is 0 Å². The van der Waals surface area contributed by atoms with Crippen molar-refractivity contribution in [3.05, 3.63) is 59.2 Å². The minimum atomic E-state index is -3.28. The Morgan fingerprint density at radius 3 is 2.08 bits per heavy atom. The van der Waals surface area contributed by atoms with Gasteiger partial charge in [-0.2, -0.15) is 0 Å². The zero-order chi connectivity index (χ0) is 19.3. The van der Waals surface area contributed by atoms with E-state index in [0.717, 1.165) is 6.26 Å². The van der Waals surface area contributed by atoms with Gasteiger partial charge in [0.05, 0.1) is 24.7 Å². The number of esters is 2. The molecule has 0 saturated carbocycles. The van der Waals surface area contributed by atoms with E-state index in [0.29, 0.717) is 5.56 Å². The number of carbonyl (C=O) groups excluding carboxylic acids is 2. The van der Waals surface area contributed by atoms with E-state index in [9.17, 15) is 18.0 Å². The summed E-state index contributed by atoms with van der Waals surface area (Å²) in [6.45, 7) is 0.0681. The highest BCUT2D eigenvalue weighted by Gasteiger charge is 2.23. The van der Waals surface area contributed by atoms with E-state index < -0.39 is 21.8 Å². The molecular formula is C18H18O7S. The Labute approximate surface area is 151 Å². The van der Waals surface area contributed by atoms with E-state index in [1.165, 1.54) is 38.5 Å². The van der Waals surface area contributed by atoms with Crippen LogP contribution in [0.1, 0.15) is 26.3 Å². The molecule has 0 heterocycles. The number of ether oxygens (including phenoxy) is 3. The van der Waals surface area contributed by atoms with Gasteiger partial charge in [-0.25, -0.2) is 18.0 Å². The molecule has 0 N–H and O–H groups in total. The van der Waals surface area contributed by atoms with E-state index in [-0.39, 0.29) is 28.4 Å². The molecular weight excluding hydrogens is 360 g/mol. The predicted molar refractivity (Wildman–Crippen MR) is 93.0 cm³/mol. The fraction of sp³-hybridized carbons (Fsp3) is 0.222. The van der Waals surface area contributed by atoms with Gasteiger partial charge in [-0.05, 0) is 29.8 Å². The van der Waals surface area contributed by atoms with E-state index in [2.05, 4.69) is 4.74 Å². The molecule has 0 aliphatic carbocycles. The van der Waals surface area contributed by atoms with Crippen molar-refractivity contribution >= 4 is 21.8 Å². The topological polar surface area (TPSA) is 96.0 Å². The molecule has 2 aromatic carbocycles. The standard InChI is InChI=1S/C18H18O7S/c1-23-17(19)14-5-4-6-15(16(14)18(20)24-2)25-11-12-7-9-13(10-8-12)26(3,21)22/h4-10H,11H2,1-3H3. The number of benzene rings is 2. The van der Waals surface area contributed by atoms with Gasteiger partial charge in [0.15, 0.2) is 9.84 Å². The smallest absolute Gasteiger partial charge is 0.342 e. The van der Waals surface area contributed by atoms with Gasteiger partial charge in [-0.1, -0.05) is 18.2 Å². The molecule has 0 aromatic heterocycles. The van der Waals surface area contributed by atoms with Crippen molar-refractivity contribution in [3.8, 4) is 5.75 Å². The summed E-state index contributed by atoms with van der Waals surface area (Å²) in [4.78, 5) is 24.1. The number of hydrogen-bond acceptors (Lipinski definition) is 7. The molecule has 0 saturated heterocycles. The van der Waals surface area contributed by atoms with Crippen LogP contribution < -0.4 is 4.74 Å². The minimum absolute atomic E-state index is 0.0317. The van der Waals surface area contributed by atoms with Gasteiger partial charge in [0.2, 0.25) is 0 Å². The summed E-state index contributed by atoms with van der Waals surface area (Å²) in [6.07, 6.45) is 1.12. The number of carbonyl (C=O) groups is 2. The Hall–Kier alpha value is -2.87. The Morgan fingerprint density at radius 2 is 1.54 bits per heavy atom. The second-order valence-electron chi connectivity index (χ2n) is 5.37. The summed E-state index contributed by atoms with van der Waals surface area (Å²) >= 11 is 0. The second kappa shape index (κ2) is 8.01. The van der Waals surface area contributed by atoms with Crippen LogP contribution in [0.15, 0.2) is 47.4 Å². The van der Waals surface area contributed by atoms with Crippen molar-refractivity contribution in [2.24, 2.45) is 0 Å². The first-order valence-electron chi connectivity index (χ1n) is 7.49. The predicted octanol–water partition coefficient (Wildman–Crippen LogP) is 2.24. The first-order valence-corrected chi connectivity index (χ1v) is 9.38. The molecule has 0 fully saturated rings. The summed E-state index contributed by atoms with van der Waals surface area (Å²) in [5.74, 6) is -1.26. The molecule has 0 unspecified atom stereocenters. The van der Waals surface area contributed by atoms with Crippen LogP contribution in [-0.2, 0) is 25.9 Å². The van der Waals surface area contributed by atoms with Gasteiger partial charge in [0.1, 0.15) is 17.9 Å². The zero-order valence-corrected chi connectivity index (χ0v) is 15.3. The average molecular weight is 378 g/mol. The van der Waals surface area contributed by atoms with Crippen LogP contribution in [-0.4, -0.2) is 40.8 Å².